The van der Waals surface area contributed by atoms with E-state index in [0.717, 1.165) is 48.3 Å². The molecule has 2 rings (SSSR count). The molecule has 2 aromatic rings. The monoisotopic (exact) mass is 522 g/mol. The summed E-state index contributed by atoms with van der Waals surface area (Å²) in [6.07, 6.45) is 20.7. The Balaban J connectivity index is 1.59. The van der Waals surface area contributed by atoms with Gasteiger partial charge in [-0.25, -0.2) is 0 Å². The van der Waals surface area contributed by atoms with Crippen LogP contribution in [0.1, 0.15) is 142 Å². The molecule has 0 heterocycles. The average molecular weight is 523 g/mol. The van der Waals surface area contributed by atoms with Crippen LogP contribution in [0.2, 0.25) is 0 Å². The molecule has 1 unspecified atom stereocenters. The van der Waals surface area contributed by atoms with Crippen molar-refractivity contribution >= 4 is 5.97 Å². The summed E-state index contributed by atoms with van der Waals surface area (Å²) < 4.78 is 11.6. The Morgan fingerprint density at radius 3 is 1.58 bits per heavy atom. The molecule has 0 saturated heterocycles. The third-order valence-corrected chi connectivity index (χ3v) is 7.38. The van der Waals surface area contributed by atoms with Gasteiger partial charge in [-0.1, -0.05) is 140 Å². The molecule has 0 spiro atoms. The number of carbonyl (C=O) groups is 1. The van der Waals surface area contributed by atoms with Crippen molar-refractivity contribution in [3.05, 3.63) is 54.1 Å². The fourth-order valence-electron chi connectivity index (χ4n) is 4.84. The summed E-state index contributed by atoms with van der Waals surface area (Å²) in [6.45, 7) is 7.23. The highest BCUT2D eigenvalue weighted by Gasteiger charge is 2.12. The van der Waals surface area contributed by atoms with E-state index in [2.05, 4.69) is 50.2 Å². The van der Waals surface area contributed by atoms with Crippen LogP contribution in [0, 0.1) is 0 Å². The van der Waals surface area contributed by atoms with Gasteiger partial charge in [0.05, 0.1) is 6.61 Å². The Morgan fingerprint density at radius 1 is 0.605 bits per heavy atom. The Morgan fingerprint density at radius 2 is 1.05 bits per heavy atom. The fraction of sp³-hybridized carbons (Fsp3) is 0.629. The zero-order valence-corrected chi connectivity index (χ0v) is 24.6. The molecule has 0 aliphatic carbocycles. The minimum atomic E-state index is -0.225. The van der Waals surface area contributed by atoms with Crippen LogP contribution in [-0.4, -0.2) is 12.6 Å². The zero-order valence-electron chi connectivity index (χ0n) is 24.6. The molecule has 0 bridgehead atoms. The number of hydrogen-bond donors (Lipinski definition) is 0. The van der Waals surface area contributed by atoms with Crippen LogP contribution in [0.5, 0.6) is 5.75 Å². The number of ether oxygens (including phenoxy) is 2. The molecule has 212 valence electrons. The number of rotatable bonds is 22. The van der Waals surface area contributed by atoms with E-state index in [1.54, 1.807) is 0 Å². The second kappa shape index (κ2) is 20.6. The number of benzene rings is 2. The third-order valence-electron chi connectivity index (χ3n) is 7.38. The molecule has 0 aliphatic heterocycles. The molecule has 0 saturated carbocycles. The Kier molecular flexibility index (Phi) is 17.3. The van der Waals surface area contributed by atoms with E-state index in [9.17, 15) is 4.79 Å². The van der Waals surface area contributed by atoms with Gasteiger partial charge in [-0.15, -0.1) is 0 Å². The molecule has 0 radical (unpaired) electrons. The molecule has 3 heteroatoms. The maximum absolute atomic E-state index is 12.3. The molecular weight excluding hydrogens is 468 g/mol. The van der Waals surface area contributed by atoms with Crippen LogP contribution in [0.4, 0.5) is 0 Å². The Hall–Kier alpha value is -2.29. The molecule has 0 N–H and O–H groups in total. The van der Waals surface area contributed by atoms with Crippen LogP contribution in [0.3, 0.4) is 0 Å². The van der Waals surface area contributed by atoms with E-state index < -0.39 is 0 Å². The Labute approximate surface area is 233 Å². The van der Waals surface area contributed by atoms with Crippen molar-refractivity contribution in [2.75, 3.05) is 6.61 Å². The lowest BCUT2D eigenvalue weighted by Crippen LogP contribution is -2.08. The van der Waals surface area contributed by atoms with Crippen LogP contribution in [-0.2, 0) is 9.53 Å². The van der Waals surface area contributed by atoms with Crippen LogP contribution < -0.4 is 4.74 Å². The van der Waals surface area contributed by atoms with Gasteiger partial charge in [0, 0.05) is 6.42 Å². The second-order valence-electron chi connectivity index (χ2n) is 10.8. The molecule has 2 aromatic carbocycles. The van der Waals surface area contributed by atoms with Crippen LogP contribution >= 0.6 is 0 Å². The Bertz CT molecular complexity index is 840. The normalized spacial score (nSPS) is 11.9. The summed E-state index contributed by atoms with van der Waals surface area (Å²) in [6, 6.07) is 16.6. The molecule has 38 heavy (non-hydrogen) atoms. The summed E-state index contributed by atoms with van der Waals surface area (Å²) >= 11 is 0. The van der Waals surface area contributed by atoms with Gasteiger partial charge in [-0.05, 0) is 48.6 Å². The van der Waals surface area contributed by atoms with Gasteiger partial charge in [-0.2, -0.15) is 0 Å². The predicted molar refractivity (Wildman–Crippen MR) is 162 cm³/mol. The largest absolute Gasteiger partial charge is 0.494 e. The minimum absolute atomic E-state index is 0.0843. The topological polar surface area (TPSA) is 35.5 Å². The van der Waals surface area contributed by atoms with Crippen LogP contribution in [0.15, 0.2) is 48.5 Å². The maximum atomic E-state index is 12.3. The van der Waals surface area contributed by atoms with Crippen molar-refractivity contribution in [2.45, 2.75) is 136 Å². The number of hydrogen-bond acceptors (Lipinski definition) is 3. The maximum Gasteiger partial charge on any atom is 0.306 e. The number of carbonyl (C=O) groups excluding carboxylic acids is 1. The summed E-state index contributed by atoms with van der Waals surface area (Å²) in [4.78, 5) is 12.3. The van der Waals surface area contributed by atoms with E-state index in [1.807, 2.05) is 19.1 Å². The first-order chi connectivity index (χ1) is 18.6. The van der Waals surface area contributed by atoms with Gasteiger partial charge in [-0.3, -0.25) is 4.79 Å². The molecule has 0 aromatic heterocycles. The minimum Gasteiger partial charge on any atom is -0.494 e. The molecule has 3 nitrogen and oxygen atoms in total. The SMILES string of the molecule is CCCCCCCCCCCCCCC(=O)OC(C)c1ccc(-c2ccc(OCCCCCC)cc2)cc1. The third kappa shape index (κ3) is 14.0. The number of unbranched alkanes of at least 4 members (excludes halogenated alkanes) is 14. The highest BCUT2D eigenvalue weighted by atomic mass is 16.5. The smallest absolute Gasteiger partial charge is 0.306 e. The average Bonchev–Trinajstić information content (AvgIpc) is 2.94. The quantitative estimate of drug-likeness (QED) is 0.114. The van der Waals surface area contributed by atoms with Crippen molar-refractivity contribution in [1.29, 1.82) is 0 Å². The first kappa shape index (κ1) is 31.9. The van der Waals surface area contributed by atoms with Gasteiger partial charge in [0.2, 0.25) is 0 Å². The van der Waals surface area contributed by atoms with Gasteiger partial charge < -0.3 is 9.47 Å². The molecule has 0 amide bonds. The van der Waals surface area contributed by atoms with E-state index in [1.165, 1.54) is 83.5 Å². The van der Waals surface area contributed by atoms with E-state index in [-0.39, 0.29) is 12.1 Å². The summed E-state index contributed by atoms with van der Waals surface area (Å²) in [5, 5.41) is 0. The number of esters is 1. The highest BCUT2D eigenvalue weighted by Crippen LogP contribution is 2.26. The van der Waals surface area contributed by atoms with Gasteiger partial charge in [0.25, 0.3) is 0 Å². The van der Waals surface area contributed by atoms with Crippen molar-refractivity contribution in [3.63, 3.8) is 0 Å². The van der Waals surface area contributed by atoms with Gasteiger partial charge in [0.15, 0.2) is 0 Å². The highest BCUT2D eigenvalue weighted by molar-refractivity contribution is 5.70. The first-order valence-electron chi connectivity index (χ1n) is 15.7. The summed E-state index contributed by atoms with van der Waals surface area (Å²) in [7, 11) is 0. The van der Waals surface area contributed by atoms with Gasteiger partial charge >= 0.3 is 5.97 Å². The van der Waals surface area contributed by atoms with E-state index >= 15 is 0 Å². The van der Waals surface area contributed by atoms with Crippen LogP contribution in [0.25, 0.3) is 11.1 Å². The van der Waals surface area contributed by atoms with E-state index in [4.69, 9.17) is 9.47 Å². The molecular formula is C35H54O3. The predicted octanol–water partition coefficient (Wildman–Crippen LogP) is 11.0. The van der Waals surface area contributed by atoms with Crippen molar-refractivity contribution in [3.8, 4) is 16.9 Å². The zero-order chi connectivity index (χ0) is 27.3. The van der Waals surface area contributed by atoms with E-state index in [0.29, 0.717) is 6.42 Å². The first-order valence-corrected chi connectivity index (χ1v) is 15.7. The summed E-state index contributed by atoms with van der Waals surface area (Å²) in [5.41, 5.74) is 3.34. The molecule has 0 fully saturated rings. The van der Waals surface area contributed by atoms with Crippen molar-refractivity contribution in [1.82, 2.24) is 0 Å². The van der Waals surface area contributed by atoms with Gasteiger partial charge in [0.1, 0.15) is 11.9 Å². The molecule has 1 atom stereocenters. The van der Waals surface area contributed by atoms with Crippen molar-refractivity contribution in [2.24, 2.45) is 0 Å². The lowest BCUT2D eigenvalue weighted by atomic mass is 10.0. The standard InChI is InChI=1S/C35H54O3/c1-4-6-8-10-11-12-13-14-15-16-17-18-20-35(36)38-30(3)31-21-23-32(24-22-31)33-25-27-34(28-26-33)37-29-19-9-7-5-2/h21-28,30H,4-20,29H2,1-3H3. The summed E-state index contributed by atoms with van der Waals surface area (Å²) in [5.74, 6) is 0.842. The van der Waals surface area contributed by atoms with Crippen molar-refractivity contribution < 1.29 is 14.3 Å². The fourth-order valence-corrected chi connectivity index (χ4v) is 4.84. The lowest BCUT2D eigenvalue weighted by Gasteiger charge is -2.14. The second-order valence-corrected chi connectivity index (χ2v) is 10.8. The molecule has 0 aliphatic rings. The lowest BCUT2D eigenvalue weighted by molar-refractivity contribution is -0.148.